The van der Waals surface area contributed by atoms with Crippen LogP contribution in [-0.2, 0) is 13.1 Å². The summed E-state index contributed by atoms with van der Waals surface area (Å²) in [4.78, 5) is 14.1. The molecule has 32 heavy (non-hydrogen) atoms. The summed E-state index contributed by atoms with van der Waals surface area (Å²) in [6.07, 6.45) is 10.1. The maximum Gasteiger partial charge on any atom is 0.193 e. The van der Waals surface area contributed by atoms with E-state index in [1.54, 1.807) is 0 Å². The molecule has 2 saturated heterocycles. The van der Waals surface area contributed by atoms with E-state index >= 15 is 0 Å². The number of halogens is 1. The second kappa shape index (κ2) is 12.6. The number of aliphatic imine (C=N–C) groups is 1. The van der Waals surface area contributed by atoms with E-state index in [1.807, 2.05) is 13.2 Å². The third kappa shape index (κ3) is 6.47. The zero-order valence-electron chi connectivity index (χ0n) is 19.6. The van der Waals surface area contributed by atoms with Gasteiger partial charge in [0.05, 0.1) is 0 Å². The molecule has 0 saturated carbocycles. The molecule has 2 aliphatic rings. The first-order valence-corrected chi connectivity index (χ1v) is 12.0. The maximum absolute atomic E-state index is 4.60. The summed E-state index contributed by atoms with van der Waals surface area (Å²) in [5.41, 5.74) is 1.44. The molecule has 6 nitrogen and oxygen atoms in total. The smallest absolute Gasteiger partial charge is 0.193 e. The summed E-state index contributed by atoms with van der Waals surface area (Å²) in [7, 11) is 1.92. The molecule has 2 atom stereocenters. The summed E-state index contributed by atoms with van der Waals surface area (Å²) in [6.45, 7) is 8.63. The van der Waals surface area contributed by atoms with Gasteiger partial charge < -0.3 is 14.8 Å². The molecule has 0 spiro atoms. The Labute approximate surface area is 210 Å². The molecule has 2 unspecified atom stereocenters. The summed E-state index contributed by atoms with van der Waals surface area (Å²) in [5.74, 6) is 2.92. The van der Waals surface area contributed by atoms with Crippen molar-refractivity contribution in [1.82, 2.24) is 24.7 Å². The van der Waals surface area contributed by atoms with Crippen molar-refractivity contribution < 1.29 is 0 Å². The van der Waals surface area contributed by atoms with Gasteiger partial charge in [0.2, 0.25) is 0 Å². The van der Waals surface area contributed by atoms with Gasteiger partial charge in [0.1, 0.15) is 5.82 Å². The predicted octanol–water partition coefficient (Wildman–Crippen LogP) is 4.15. The molecule has 0 aliphatic carbocycles. The van der Waals surface area contributed by atoms with Crippen molar-refractivity contribution >= 4 is 29.9 Å². The molecular weight excluding hydrogens is 511 g/mol. The Morgan fingerprint density at radius 2 is 2.00 bits per heavy atom. The van der Waals surface area contributed by atoms with E-state index in [0.29, 0.717) is 6.04 Å². The maximum atomic E-state index is 4.60. The molecule has 3 heterocycles. The third-order valence-electron chi connectivity index (χ3n) is 6.96. The minimum Gasteiger partial charge on any atom is -0.356 e. The number of nitrogens with one attached hydrogen (secondary N) is 1. The highest BCUT2D eigenvalue weighted by Gasteiger charge is 2.36. The zero-order chi connectivity index (χ0) is 21.5. The molecular formula is C25H39IN6. The van der Waals surface area contributed by atoms with Gasteiger partial charge >= 0.3 is 0 Å². The number of aryl methyl sites for hydroxylation is 2. The lowest BCUT2D eigenvalue weighted by Gasteiger charge is -2.48. The number of imidazole rings is 1. The number of hydrogen-bond donors (Lipinski definition) is 1. The Hall–Kier alpha value is -1.61. The minimum absolute atomic E-state index is 0. The van der Waals surface area contributed by atoms with Gasteiger partial charge in [0, 0.05) is 58.2 Å². The molecule has 2 fully saturated rings. The molecule has 176 valence electrons. The molecule has 1 aromatic heterocycles. The standard InChI is InChI=1S/C25H38N6.HI/c1-21-27-14-18-29(21)15-7-6-13-28-25(26-2)31-17-12-24-23(20-31)11-8-16-30(24)19-22-9-4-3-5-10-22;/h3-5,9-10,14,18,23-24H,6-8,11-13,15-17,19-20H2,1-2H3,(H,26,28);1H. The van der Waals surface area contributed by atoms with Gasteiger partial charge in [0.15, 0.2) is 5.96 Å². The minimum atomic E-state index is 0. The number of nitrogens with zero attached hydrogens (tertiary/aromatic N) is 5. The van der Waals surface area contributed by atoms with Gasteiger partial charge in [-0.3, -0.25) is 9.89 Å². The molecule has 2 aromatic rings. The fourth-order valence-corrected chi connectivity index (χ4v) is 5.29. The van der Waals surface area contributed by atoms with Crippen LogP contribution in [0.15, 0.2) is 47.7 Å². The summed E-state index contributed by atoms with van der Waals surface area (Å²) in [5, 5.41) is 3.62. The van der Waals surface area contributed by atoms with Crippen LogP contribution < -0.4 is 5.32 Å². The molecule has 0 radical (unpaired) electrons. The van der Waals surface area contributed by atoms with Crippen molar-refractivity contribution in [3.63, 3.8) is 0 Å². The Balaban J connectivity index is 0.00000289. The number of piperidine rings is 2. The number of hydrogen-bond acceptors (Lipinski definition) is 3. The molecule has 0 bridgehead atoms. The Kier molecular flexibility index (Phi) is 9.84. The molecule has 1 aromatic carbocycles. The fourth-order valence-electron chi connectivity index (χ4n) is 5.29. The average Bonchev–Trinajstić information content (AvgIpc) is 3.21. The monoisotopic (exact) mass is 550 g/mol. The van der Waals surface area contributed by atoms with E-state index < -0.39 is 0 Å². The van der Waals surface area contributed by atoms with Crippen LogP contribution in [0.25, 0.3) is 0 Å². The number of likely N-dealkylation sites (tertiary alicyclic amines) is 2. The largest absolute Gasteiger partial charge is 0.356 e. The van der Waals surface area contributed by atoms with Gasteiger partial charge in [-0.25, -0.2) is 4.98 Å². The topological polar surface area (TPSA) is 48.7 Å². The third-order valence-corrected chi connectivity index (χ3v) is 6.96. The number of benzene rings is 1. The van der Waals surface area contributed by atoms with Crippen molar-refractivity contribution in [2.45, 2.75) is 58.2 Å². The van der Waals surface area contributed by atoms with E-state index in [2.05, 4.69) is 73.1 Å². The van der Waals surface area contributed by atoms with Crippen molar-refractivity contribution in [2.24, 2.45) is 10.9 Å². The lowest BCUT2D eigenvalue weighted by Crippen LogP contribution is -2.56. The molecule has 1 N–H and O–H groups in total. The average molecular weight is 551 g/mol. The summed E-state index contributed by atoms with van der Waals surface area (Å²) in [6, 6.07) is 11.7. The second-order valence-corrected chi connectivity index (χ2v) is 9.01. The number of fused-ring (bicyclic) bond motifs is 1. The van der Waals surface area contributed by atoms with Crippen molar-refractivity contribution in [3.8, 4) is 0 Å². The lowest BCUT2D eigenvalue weighted by atomic mass is 9.83. The van der Waals surface area contributed by atoms with E-state index in [4.69, 9.17) is 0 Å². The van der Waals surface area contributed by atoms with Crippen LogP contribution >= 0.6 is 24.0 Å². The lowest BCUT2D eigenvalue weighted by molar-refractivity contribution is 0.0372. The highest BCUT2D eigenvalue weighted by atomic mass is 127. The van der Waals surface area contributed by atoms with E-state index in [1.165, 1.54) is 31.4 Å². The van der Waals surface area contributed by atoms with Crippen LogP contribution in [0, 0.1) is 12.8 Å². The van der Waals surface area contributed by atoms with Gasteiger partial charge in [-0.1, -0.05) is 30.3 Å². The Bertz CT molecular complexity index is 836. The van der Waals surface area contributed by atoms with Crippen molar-refractivity contribution in [1.29, 1.82) is 0 Å². The van der Waals surface area contributed by atoms with Gasteiger partial charge in [-0.05, 0) is 57.1 Å². The van der Waals surface area contributed by atoms with Crippen LogP contribution in [0.1, 0.15) is 43.5 Å². The van der Waals surface area contributed by atoms with Crippen molar-refractivity contribution in [3.05, 3.63) is 54.1 Å². The quantitative estimate of drug-likeness (QED) is 0.244. The normalized spacial score (nSPS) is 21.7. The number of rotatable bonds is 7. The summed E-state index contributed by atoms with van der Waals surface area (Å²) < 4.78 is 2.23. The molecule has 0 amide bonds. The second-order valence-electron chi connectivity index (χ2n) is 9.01. The van der Waals surface area contributed by atoms with Gasteiger partial charge in [-0.2, -0.15) is 0 Å². The van der Waals surface area contributed by atoms with Crippen molar-refractivity contribution in [2.75, 3.05) is 33.2 Å². The molecule has 7 heteroatoms. The Morgan fingerprint density at radius 1 is 1.16 bits per heavy atom. The fraction of sp³-hybridized carbons (Fsp3) is 0.600. The summed E-state index contributed by atoms with van der Waals surface area (Å²) >= 11 is 0. The molecule has 2 aliphatic heterocycles. The number of guanidine groups is 1. The first-order valence-electron chi connectivity index (χ1n) is 12.0. The first-order chi connectivity index (χ1) is 15.2. The predicted molar refractivity (Wildman–Crippen MR) is 143 cm³/mol. The first kappa shape index (κ1) is 25.0. The Morgan fingerprint density at radius 3 is 2.75 bits per heavy atom. The highest BCUT2D eigenvalue weighted by Crippen LogP contribution is 2.31. The highest BCUT2D eigenvalue weighted by molar-refractivity contribution is 14.0. The van der Waals surface area contributed by atoms with Crippen LogP contribution in [0.4, 0.5) is 0 Å². The number of aromatic nitrogens is 2. The van der Waals surface area contributed by atoms with Crippen LogP contribution in [0.2, 0.25) is 0 Å². The van der Waals surface area contributed by atoms with E-state index in [9.17, 15) is 0 Å². The van der Waals surface area contributed by atoms with Gasteiger partial charge in [0.25, 0.3) is 0 Å². The van der Waals surface area contributed by atoms with Crippen LogP contribution in [0.5, 0.6) is 0 Å². The molecule has 4 rings (SSSR count). The van der Waals surface area contributed by atoms with E-state index in [-0.39, 0.29) is 24.0 Å². The number of unbranched alkanes of at least 4 members (excludes halogenated alkanes) is 1. The SMILES string of the molecule is CN=C(NCCCCn1ccnc1C)N1CCC2C(CCCN2Cc2ccccc2)C1.I. The van der Waals surface area contributed by atoms with Crippen LogP contribution in [0.3, 0.4) is 0 Å². The van der Waals surface area contributed by atoms with Gasteiger partial charge in [-0.15, -0.1) is 24.0 Å². The zero-order valence-corrected chi connectivity index (χ0v) is 21.9. The van der Waals surface area contributed by atoms with Crippen LogP contribution in [-0.4, -0.2) is 64.6 Å². The van der Waals surface area contributed by atoms with E-state index in [0.717, 1.165) is 63.3 Å².